The van der Waals surface area contributed by atoms with Gasteiger partial charge in [-0.25, -0.2) is 4.98 Å². The average Bonchev–Trinajstić information content (AvgIpc) is 3.27. The van der Waals surface area contributed by atoms with Gasteiger partial charge in [0.05, 0.1) is 11.4 Å². The Morgan fingerprint density at radius 1 is 1.16 bits per heavy atom. The van der Waals surface area contributed by atoms with Crippen LogP contribution in [0, 0.1) is 6.92 Å². The lowest BCUT2D eigenvalue weighted by atomic mass is 10.1. The maximum atomic E-state index is 12.7. The van der Waals surface area contributed by atoms with Crippen molar-refractivity contribution >= 4 is 28.4 Å². The number of rotatable bonds is 5. The van der Waals surface area contributed by atoms with Crippen LogP contribution in [0.3, 0.4) is 0 Å². The Morgan fingerprint density at radius 3 is 2.84 bits per heavy atom. The second kappa shape index (κ2) is 6.61. The second-order valence-corrected chi connectivity index (χ2v) is 6.77. The van der Waals surface area contributed by atoms with Crippen molar-refractivity contribution in [2.24, 2.45) is 0 Å². The van der Waals surface area contributed by atoms with Gasteiger partial charge < -0.3 is 4.98 Å². The number of H-pyrrole nitrogens is 1. The van der Waals surface area contributed by atoms with Gasteiger partial charge in [0.2, 0.25) is 0 Å². The minimum absolute atomic E-state index is 0.0989. The number of carbonyl (C=O) groups excluding carboxylic acids is 1. The molecule has 2 heterocycles. The van der Waals surface area contributed by atoms with Crippen LogP contribution in [0.4, 0.5) is 0 Å². The van der Waals surface area contributed by atoms with Crippen molar-refractivity contribution in [1.82, 2.24) is 14.5 Å². The Kier molecular flexibility index (Phi) is 4.15. The molecule has 0 aliphatic rings. The highest BCUT2D eigenvalue weighted by Crippen LogP contribution is 2.25. The zero-order chi connectivity index (χ0) is 17.2. The lowest BCUT2D eigenvalue weighted by Gasteiger charge is -2.09. The molecular weight excluding hydrogens is 330 g/mol. The molecule has 0 fully saturated rings. The molecule has 4 aromatic rings. The fourth-order valence-corrected chi connectivity index (χ4v) is 3.77. The number of aromatic amines is 1. The maximum absolute atomic E-state index is 12.7. The number of hydrogen-bond donors (Lipinski definition) is 1. The number of nitrogens with one attached hydrogen (secondary N) is 1. The number of aromatic nitrogens is 3. The molecular formula is C20H17N3OS. The van der Waals surface area contributed by atoms with Gasteiger partial charge in [-0.1, -0.05) is 48.2 Å². The van der Waals surface area contributed by atoms with Crippen molar-refractivity contribution < 1.29 is 4.79 Å². The van der Waals surface area contributed by atoms with E-state index in [1.165, 1.54) is 17.3 Å². The fraction of sp³-hybridized carbons (Fsp3) is 0.100. The van der Waals surface area contributed by atoms with E-state index in [1.807, 2.05) is 47.2 Å². The van der Waals surface area contributed by atoms with Gasteiger partial charge in [-0.05, 0) is 24.6 Å². The number of Topliss-reactive ketones (excluding diaryl/α,β-unsaturated/α-hetero) is 1. The molecule has 1 N–H and O–H groups in total. The summed E-state index contributed by atoms with van der Waals surface area (Å²) in [5, 5.41) is 1.79. The van der Waals surface area contributed by atoms with E-state index in [-0.39, 0.29) is 5.78 Å². The van der Waals surface area contributed by atoms with E-state index >= 15 is 0 Å². The molecule has 5 heteroatoms. The van der Waals surface area contributed by atoms with Crippen LogP contribution in [0.15, 0.2) is 72.3 Å². The predicted molar refractivity (Wildman–Crippen MR) is 102 cm³/mol. The van der Waals surface area contributed by atoms with Gasteiger partial charge in [0, 0.05) is 35.1 Å². The van der Waals surface area contributed by atoms with Crippen LogP contribution in [0.2, 0.25) is 0 Å². The lowest BCUT2D eigenvalue weighted by molar-refractivity contribution is 0.102. The van der Waals surface area contributed by atoms with Crippen LogP contribution in [0.5, 0.6) is 0 Å². The molecule has 25 heavy (non-hydrogen) atoms. The van der Waals surface area contributed by atoms with Crippen LogP contribution >= 0.6 is 11.8 Å². The first kappa shape index (κ1) is 15.7. The van der Waals surface area contributed by atoms with Gasteiger partial charge in [-0.15, -0.1) is 0 Å². The van der Waals surface area contributed by atoms with Crippen LogP contribution in [-0.2, 0) is 0 Å². The van der Waals surface area contributed by atoms with E-state index in [0.717, 1.165) is 27.3 Å². The van der Waals surface area contributed by atoms with Gasteiger partial charge in [0.25, 0.3) is 0 Å². The Labute approximate surface area is 149 Å². The fourth-order valence-electron chi connectivity index (χ4n) is 2.92. The molecule has 4 nitrogen and oxygen atoms in total. The molecule has 0 amide bonds. The monoisotopic (exact) mass is 347 g/mol. The average molecular weight is 347 g/mol. The Bertz CT molecular complexity index is 1050. The zero-order valence-electron chi connectivity index (χ0n) is 13.8. The molecule has 0 spiro atoms. The molecule has 0 aliphatic carbocycles. The number of thioether (sulfide) groups is 1. The molecule has 0 unspecified atom stereocenters. The number of imidazole rings is 1. The normalized spacial score (nSPS) is 11.1. The molecule has 0 aliphatic heterocycles. The second-order valence-electron chi connectivity index (χ2n) is 5.83. The van der Waals surface area contributed by atoms with Crippen LogP contribution in [0.1, 0.15) is 15.9 Å². The summed E-state index contributed by atoms with van der Waals surface area (Å²) < 4.78 is 2.03. The van der Waals surface area contributed by atoms with Crippen molar-refractivity contribution in [2.45, 2.75) is 12.1 Å². The summed E-state index contributed by atoms with van der Waals surface area (Å²) in [6, 6.07) is 16.0. The van der Waals surface area contributed by atoms with Crippen LogP contribution in [0.25, 0.3) is 16.6 Å². The SMILES string of the molecule is Cc1ccccc1-n1ccnc1SCC(=O)c1c[nH]c2ccccc12. The third-order valence-electron chi connectivity index (χ3n) is 4.20. The van der Waals surface area contributed by atoms with Gasteiger partial charge in [0.1, 0.15) is 0 Å². The van der Waals surface area contributed by atoms with Gasteiger partial charge >= 0.3 is 0 Å². The quantitative estimate of drug-likeness (QED) is 0.423. The number of fused-ring (bicyclic) bond motifs is 1. The highest BCUT2D eigenvalue weighted by Gasteiger charge is 2.14. The highest BCUT2D eigenvalue weighted by atomic mass is 32.2. The van der Waals surface area contributed by atoms with Crippen molar-refractivity contribution in [2.75, 3.05) is 5.75 Å². The third kappa shape index (κ3) is 2.98. The topological polar surface area (TPSA) is 50.7 Å². The molecule has 0 saturated heterocycles. The Hall–Kier alpha value is -2.79. The number of ketones is 1. The third-order valence-corrected chi connectivity index (χ3v) is 5.17. The first-order valence-electron chi connectivity index (χ1n) is 8.05. The van der Waals surface area contributed by atoms with Gasteiger partial charge in [-0.3, -0.25) is 9.36 Å². The van der Waals surface area contributed by atoms with Gasteiger partial charge in [0.15, 0.2) is 10.9 Å². The molecule has 0 radical (unpaired) electrons. The van der Waals surface area contributed by atoms with Crippen LogP contribution < -0.4 is 0 Å². The highest BCUT2D eigenvalue weighted by molar-refractivity contribution is 7.99. The van der Waals surface area contributed by atoms with E-state index in [4.69, 9.17) is 0 Å². The van der Waals surface area contributed by atoms with Crippen LogP contribution in [-0.4, -0.2) is 26.1 Å². The Balaban J connectivity index is 1.56. The summed E-state index contributed by atoms with van der Waals surface area (Å²) in [6.45, 7) is 2.07. The number of hydrogen-bond acceptors (Lipinski definition) is 3. The molecule has 4 rings (SSSR count). The molecule has 2 aromatic carbocycles. The summed E-state index contributed by atoms with van der Waals surface area (Å²) in [6.07, 6.45) is 5.49. The largest absolute Gasteiger partial charge is 0.360 e. The van der Waals surface area contributed by atoms with Crippen molar-refractivity contribution in [3.8, 4) is 5.69 Å². The lowest BCUT2D eigenvalue weighted by Crippen LogP contribution is -2.04. The first-order valence-corrected chi connectivity index (χ1v) is 9.04. The van der Waals surface area contributed by atoms with E-state index < -0.39 is 0 Å². The summed E-state index contributed by atoms with van der Waals surface area (Å²) in [4.78, 5) is 20.2. The molecule has 124 valence electrons. The molecule has 2 aromatic heterocycles. The van der Waals surface area contributed by atoms with E-state index in [1.54, 1.807) is 12.4 Å². The standard InChI is InChI=1S/C20H17N3OS/c1-14-6-2-5-9-18(14)23-11-10-21-20(23)25-13-19(24)16-12-22-17-8-4-3-7-15(16)17/h2-12,22H,13H2,1H3. The minimum Gasteiger partial charge on any atom is -0.360 e. The smallest absolute Gasteiger partial charge is 0.175 e. The van der Waals surface area contributed by atoms with Crippen molar-refractivity contribution in [1.29, 1.82) is 0 Å². The van der Waals surface area contributed by atoms with E-state index in [0.29, 0.717) is 5.75 Å². The molecule has 0 saturated carbocycles. The summed E-state index contributed by atoms with van der Waals surface area (Å²) in [5.74, 6) is 0.451. The van der Waals surface area contributed by atoms with E-state index in [2.05, 4.69) is 29.0 Å². The summed E-state index contributed by atoms with van der Waals surface area (Å²) in [5.41, 5.74) is 3.97. The summed E-state index contributed by atoms with van der Waals surface area (Å²) in [7, 11) is 0. The number of benzene rings is 2. The van der Waals surface area contributed by atoms with Crippen molar-refractivity contribution in [3.05, 3.63) is 78.2 Å². The first-order chi connectivity index (χ1) is 12.2. The minimum atomic E-state index is 0.0989. The molecule has 0 atom stereocenters. The Morgan fingerprint density at radius 2 is 1.96 bits per heavy atom. The number of aryl methyl sites for hydroxylation is 1. The molecule has 0 bridgehead atoms. The number of para-hydroxylation sites is 2. The summed E-state index contributed by atoms with van der Waals surface area (Å²) >= 11 is 1.46. The zero-order valence-corrected chi connectivity index (χ0v) is 14.6. The van der Waals surface area contributed by atoms with E-state index in [9.17, 15) is 4.79 Å². The number of nitrogens with zero attached hydrogens (tertiary/aromatic N) is 2. The predicted octanol–water partition coefficient (Wildman–Crippen LogP) is 4.64. The van der Waals surface area contributed by atoms with Crippen molar-refractivity contribution in [3.63, 3.8) is 0 Å². The number of carbonyl (C=O) groups is 1. The van der Waals surface area contributed by atoms with Gasteiger partial charge in [-0.2, -0.15) is 0 Å². The maximum Gasteiger partial charge on any atom is 0.175 e.